The van der Waals surface area contributed by atoms with Crippen LogP contribution in [-0.4, -0.2) is 30.6 Å². The van der Waals surface area contributed by atoms with Crippen LogP contribution in [0.25, 0.3) is 0 Å². The average Bonchev–Trinajstić information content (AvgIpc) is 3.23. The predicted octanol–water partition coefficient (Wildman–Crippen LogP) is 4.92. The van der Waals surface area contributed by atoms with Crippen molar-refractivity contribution >= 4 is 5.91 Å². The van der Waals surface area contributed by atoms with Crippen molar-refractivity contribution in [2.75, 3.05) is 13.7 Å². The number of piperidine rings is 1. The van der Waals surface area contributed by atoms with Gasteiger partial charge in [0.15, 0.2) is 11.5 Å². The summed E-state index contributed by atoms with van der Waals surface area (Å²) < 4.78 is 11.8. The Labute approximate surface area is 167 Å². The Bertz CT molecular complexity index is 799. The lowest BCUT2D eigenvalue weighted by Gasteiger charge is -2.33. The van der Waals surface area contributed by atoms with Crippen molar-refractivity contribution < 1.29 is 14.3 Å². The number of hydrogen-bond donors (Lipinski definition) is 0. The van der Waals surface area contributed by atoms with Crippen molar-refractivity contribution in [2.45, 2.75) is 57.1 Å². The standard InChI is InChI=1S/C24H29NO3/c1-27-22-13-11-19(15-23(22)28-21-9-5-6-10-21)20-12-14-24(26)25(17-20)16-18-7-3-2-4-8-18/h2-4,7-8,11,13,15,20-21H,5-6,9-10,12,14,16-17H2,1H3/t20-/m1/s1. The molecule has 4 heteroatoms. The molecule has 4 nitrogen and oxygen atoms in total. The fraction of sp³-hybridized carbons (Fsp3) is 0.458. The van der Waals surface area contributed by atoms with E-state index in [2.05, 4.69) is 24.3 Å². The van der Waals surface area contributed by atoms with Crippen molar-refractivity contribution in [3.63, 3.8) is 0 Å². The third kappa shape index (κ3) is 4.32. The molecule has 2 aromatic rings. The maximum atomic E-state index is 12.5. The Kier molecular flexibility index (Phi) is 5.84. The predicted molar refractivity (Wildman–Crippen MR) is 110 cm³/mol. The molecule has 28 heavy (non-hydrogen) atoms. The molecular formula is C24H29NO3. The highest BCUT2D eigenvalue weighted by molar-refractivity contribution is 5.77. The van der Waals surface area contributed by atoms with Gasteiger partial charge in [0.05, 0.1) is 13.2 Å². The third-order valence-corrected chi connectivity index (χ3v) is 5.97. The van der Waals surface area contributed by atoms with Crippen molar-refractivity contribution in [1.29, 1.82) is 0 Å². The van der Waals surface area contributed by atoms with Gasteiger partial charge in [0, 0.05) is 25.4 Å². The summed E-state index contributed by atoms with van der Waals surface area (Å²) in [6, 6.07) is 16.5. The summed E-state index contributed by atoms with van der Waals surface area (Å²) in [5.41, 5.74) is 2.41. The molecule has 2 fully saturated rings. The number of methoxy groups -OCH3 is 1. The first kappa shape index (κ1) is 18.9. The van der Waals surface area contributed by atoms with E-state index in [0.717, 1.165) is 37.3 Å². The van der Waals surface area contributed by atoms with Crippen LogP contribution in [0.2, 0.25) is 0 Å². The fourth-order valence-electron chi connectivity index (χ4n) is 4.37. The Morgan fingerprint density at radius 2 is 1.79 bits per heavy atom. The van der Waals surface area contributed by atoms with Gasteiger partial charge in [-0.1, -0.05) is 36.4 Å². The van der Waals surface area contributed by atoms with E-state index in [1.54, 1.807) is 7.11 Å². The van der Waals surface area contributed by atoms with Crippen LogP contribution in [0, 0.1) is 0 Å². The van der Waals surface area contributed by atoms with Gasteiger partial charge < -0.3 is 14.4 Å². The summed E-state index contributed by atoms with van der Waals surface area (Å²) in [5, 5.41) is 0. The van der Waals surface area contributed by atoms with Crippen molar-refractivity contribution in [2.24, 2.45) is 0 Å². The van der Waals surface area contributed by atoms with E-state index < -0.39 is 0 Å². The topological polar surface area (TPSA) is 38.8 Å². The largest absolute Gasteiger partial charge is 0.493 e. The molecule has 1 saturated carbocycles. The minimum absolute atomic E-state index is 0.246. The van der Waals surface area contributed by atoms with Gasteiger partial charge in [-0.05, 0) is 55.4 Å². The smallest absolute Gasteiger partial charge is 0.222 e. The zero-order valence-corrected chi connectivity index (χ0v) is 16.6. The molecule has 1 atom stereocenters. The first-order chi connectivity index (χ1) is 13.7. The molecule has 0 radical (unpaired) electrons. The first-order valence-electron chi connectivity index (χ1n) is 10.4. The minimum atomic E-state index is 0.246. The molecule has 2 aromatic carbocycles. The van der Waals surface area contributed by atoms with Gasteiger partial charge in [-0.25, -0.2) is 0 Å². The number of amides is 1. The van der Waals surface area contributed by atoms with Crippen molar-refractivity contribution in [1.82, 2.24) is 4.90 Å². The zero-order valence-electron chi connectivity index (χ0n) is 16.6. The van der Waals surface area contributed by atoms with Crippen LogP contribution in [-0.2, 0) is 11.3 Å². The van der Waals surface area contributed by atoms with Crippen molar-refractivity contribution in [3.8, 4) is 11.5 Å². The van der Waals surface area contributed by atoms with Crippen molar-refractivity contribution in [3.05, 3.63) is 59.7 Å². The molecule has 0 N–H and O–H groups in total. The molecule has 2 aliphatic rings. The second-order valence-electron chi connectivity index (χ2n) is 7.93. The second kappa shape index (κ2) is 8.68. The monoisotopic (exact) mass is 379 g/mol. The highest BCUT2D eigenvalue weighted by Crippen LogP contribution is 2.37. The summed E-state index contributed by atoms with van der Waals surface area (Å²) >= 11 is 0. The minimum Gasteiger partial charge on any atom is -0.493 e. The van der Waals surface area contributed by atoms with E-state index in [-0.39, 0.29) is 5.91 Å². The normalized spacial score (nSPS) is 20.4. The summed E-state index contributed by atoms with van der Waals surface area (Å²) in [4.78, 5) is 14.4. The summed E-state index contributed by atoms with van der Waals surface area (Å²) in [6.45, 7) is 1.43. The molecule has 0 unspecified atom stereocenters. The third-order valence-electron chi connectivity index (χ3n) is 5.97. The van der Waals surface area contributed by atoms with E-state index in [1.807, 2.05) is 29.2 Å². The first-order valence-corrected chi connectivity index (χ1v) is 10.4. The number of benzene rings is 2. The lowest BCUT2D eigenvalue weighted by atomic mass is 9.89. The second-order valence-corrected chi connectivity index (χ2v) is 7.93. The van der Waals surface area contributed by atoms with E-state index >= 15 is 0 Å². The Morgan fingerprint density at radius 3 is 2.54 bits per heavy atom. The van der Waals surface area contributed by atoms with Crippen LogP contribution in [0.15, 0.2) is 48.5 Å². The molecule has 148 valence electrons. The van der Waals surface area contributed by atoms with Gasteiger partial charge in [0.25, 0.3) is 0 Å². The zero-order chi connectivity index (χ0) is 19.3. The van der Waals surface area contributed by atoms with Crippen LogP contribution < -0.4 is 9.47 Å². The van der Waals surface area contributed by atoms with Gasteiger partial charge in [-0.3, -0.25) is 4.79 Å². The lowest BCUT2D eigenvalue weighted by Crippen LogP contribution is -2.38. The summed E-state index contributed by atoms with van der Waals surface area (Å²) in [5.74, 6) is 2.22. The highest BCUT2D eigenvalue weighted by atomic mass is 16.5. The molecule has 0 spiro atoms. The van der Waals surface area contributed by atoms with Gasteiger partial charge >= 0.3 is 0 Å². The van der Waals surface area contributed by atoms with Crippen LogP contribution in [0.5, 0.6) is 11.5 Å². The number of carbonyl (C=O) groups excluding carboxylic acids is 1. The number of ether oxygens (including phenoxy) is 2. The Hall–Kier alpha value is -2.49. The number of likely N-dealkylation sites (tertiary alicyclic amines) is 1. The van der Waals surface area contributed by atoms with Crippen LogP contribution >= 0.6 is 0 Å². The molecule has 1 aliphatic carbocycles. The van der Waals surface area contributed by atoms with Gasteiger partial charge in [-0.2, -0.15) is 0 Å². The lowest BCUT2D eigenvalue weighted by molar-refractivity contribution is -0.134. The highest BCUT2D eigenvalue weighted by Gasteiger charge is 2.28. The average molecular weight is 380 g/mol. The maximum Gasteiger partial charge on any atom is 0.222 e. The maximum absolute atomic E-state index is 12.5. The van der Waals surface area contributed by atoms with Gasteiger partial charge in [-0.15, -0.1) is 0 Å². The van der Waals surface area contributed by atoms with E-state index in [1.165, 1.54) is 24.0 Å². The van der Waals surface area contributed by atoms with Gasteiger partial charge in [0.2, 0.25) is 5.91 Å². The van der Waals surface area contributed by atoms with Crippen LogP contribution in [0.1, 0.15) is 55.6 Å². The summed E-state index contributed by atoms with van der Waals surface area (Å²) in [6.07, 6.45) is 6.51. The molecule has 0 aromatic heterocycles. The summed E-state index contributed by atoms with van der Waals surface area (Å²) in [7, 11) is 1.69. The van der Waals surface area contributed by atoms with E-state index in [0.29, 0.717) is 25.0 Å². The number of hydrogen-bond acceptors (Lipinski definition) is 3. The van der Waals surface area contributed by atoms with Gasteiger partial charge in [0.1, 0.15) is 0 Å². The molecule has 1 saturated heterocycles. The number of rotatable bonds is 6. The fourth-order valence-corrected chi connectivity index (χ4v) is 4.37. The SMILES string of the molecule is COc1ccc([C@@H]2CCC(=O)N(Cc3ccccc3)C2)cc1OC1CCCC1. The molecule has 1 aliphatic heterocycles. The molecule has 1 amide bonds. The van der Waals surface area contributed by atoms with Crippen LogP contribution in [0.4, 0.5) is 0 Å². The Morgan fingerprint density at radius 1 is 1.00 bits per heavy atom. The van der Waals surface area contributed by atoms with Crippen LogP contribution in [0.3, 0.4) is 0 Å². The molecular weight excluding hydrogens is 350 g/mol. The number of carbonyl (C=O) groups is 1. The molecule has 4 rings (SSSR count). The molecule has 0 bridgehead atoms. The quantitative estimate of drug-likeness (QED) is 0.715. The van der Waals surface area contributed by atoms with E-state index in [4.69, 9.17) is 9.47 Å². The Balaban J connectivity index is 1.50. The van der Waals surface area contributed by atoms with E-state index in [9.17, 15) is 4.79 Å². The molecule has 1 heterocycles. The number of nitrogens with zero attached hydrogens (tertiary/aromatic N) is 1.